The summed E-state index contributed by atoms with van der Waals surface area (Å²) in [6, 6.07) is 0.308. The number of hydrogen-bond donors (Lipinski definition) is 2. The maximum Gasteiger partial charge on any atom is 0.224 e. The topological polar surface area (TPSA) is 49.8 Å². The molecule has 2 rings (SSSR count). The second-order valence-corrected chi connectivity index (χ2v) is 6.79. The molecule has 1 atom stereocenters. The number of nitrogens with zero attached hydrogens (tertiary/aromatic N) is 2. The predicted molar refractivity (Wildman–Crippen MR) is 87.8 cm³/mol. The summed E-state index contributed by atoms with van der Waals surface area (Å²) in [6.45, 7) is 10.5. The Morgan fingerprint density at radius 1 is 1.45 bits per heavy atom. The molecule has 0 aromatic carbocycles. The van der Waals surface area contributed by atoms with Crippen molar-refractivity contribution in [1.82, 2.24) is 9.97 Å². The monoisotopic (exact) mass is 338 g/mol. The molecular formula is C15H23BrN4. The van der Waals surface area contributed by atoms with E-state index in [9.17, 15) is 0 Å². The van der Waals surface area contributed by atoms with E-state index in [1.165, 1.54) is 12.8 Å². The predicted octanol–water partition coefficient (Wildman–Crippen LogP) is 4.42. The highest BCUT2D eigenvalue weighted by molar-refractivity contribution is 9.10. The molecule has 2 N–H and O–H groups in total. The van der Waals surface area contributed by atoms with Gasteiger partial charge >= 0.3 is 0 Å². The van der Waals surface area contributed by atoms with E-state index in [4.69, 9.17) is 0 Å². The van der Waals surface area contributed by atoms with Crippen LogP contribution in [0.5, 0.6) is 0 Å². The fourth-order valence-corrected chi connectivity index (χ4v) is 2.51. The Bertz CT molecular complexity index is 483. The van der Waals surface area contributed by atoms with Crippen molar-refractivity contribution in [3.63, 3.8) is 0 Å². The Balaban J connectivity index is 1.97. The van der Waals surface area contributed by atoms with E-state index in [0.29, 0.717) is 17.9 Å². The average Bonchev–Trinajstić information content (AvgIpc) is 3.16. The fraction of sp³-hybridized carbons (Fsp3) is 0.600. The van der Waals surface area contributed by atoms with Gasteiger partial charge in [0.25, 0.3) is 0 Å². The smallest absolute Gasteiger partial charge is 0.224 e. The summed E-state index contributed by atoms with van der Waals surface area (Å²) >= 11 is 3.48. The van der Waals surface area contributed by atoms with Crippen molar-refractivity contribution in [1.29, 1.82) is 0 Å². The minimum atomic E-state index is 0.308. The summed E-state index contributed by atoms with van der Waals surface area (Å²) in [5.41, 5.74) is 1.01. The largest absolute Gasteiger partial charge is 0.352 e. The molecule has 1 fully saturated rings. The van der Waals surface area contributed by atoms with Crippen LogP contribution < -0.4 is 10.6 Å². The first kappa shape index (κ1) is 15.3. The summed E-state index contributed by atoms with van der Waals surface area (Å²) in [5.74, 6) is 2.99. The number of allylic oxidation sites excluding steroid dienone is 1. The number of nitrogens with one attached hydrogen (secondary N) is 2. The van der Waals surface area contributed by atoms with Crippen LogP contribution in [0.4, 0.5) is 11.8 Å². The Kier molecular flexibility index (Phi) is 5.02. The average molecular weight is 339 g/mol. The first-order chi connectivity index (χ1) is 9.45. The van der Waals surface area contributed by atoms with Gasteiger partial charge in [-0.05, 0) is 60.9 Å². The van der Waals surface area contributed by atoms with Gasteiger partial charge in [-0.2, -0.15) is 4.98 Å². The van der Waals surface area contributed by atoms with Gasteiger partial charge in [-0.15, -0.1) is 0 Å². The molecule has 0 amide bonds. The standard InChI is InChI=1S/C15H23BrN4/c1-9(2)18-15-17-8-13(16)14(20-15)19-11(4)7-10(3)12-5-6-12/h8-10,12H,4-7H2,1-3H3,(H2,17,18,19,20). The number of rotatable bonds is 7. The minimum Gasteiger partial charge on any atom is -0.352 e. The fourth-order valence-electron chi connectivity index (χ4n) is 2.22. The first-order valence-electron chi connectivity index (χ1n) is 7.19. The van der Waals surface area contributed by atoms with Crippen LogP contribution in [0.2, 0.25) is 0 Å². The number of halogens is 1. The molecule has 1 aliphatic carbocycles. The van der Waals surface area contributed by atoms with Gasteiger partial charge in [-0.25, -0.2) is 4.98 Å². The van der Waals surface area contributed by atoms with Gasteiger partial charge in [0, 0.05) is 17.9 Å². The van der Waals surface area contributed by atoms with E-state index in [1.807, 2.05) is 0 Å². The lowest BCUT2D eigenvalue weighted by Gasteiger charge is -2.16. The van der Waals surface area contributed by atoms with E-state index < -0.39 is 0 Å². The molecule has 0 aliphatic heterocycles. The lowest BCUT2D eigenvalue weighted by molar-refractivity contribution is 0.506. The van der Waals surface area contributed by atoms with Crippen molar-refractivity contribution in [3.05, 3.63) is 22.9 Å². The lowest BCUT2D eigenvalue weighted by Crippen LogP contribution is -2.14. The highest BCUT2D eigenvalue weighted by Gasteiger charge is 2.28. The second-order valence-electron chi connectivity index (χ2n) is 5.94. The van der Waals surface area contributed by atoms with Crippen LogP contribution in [0.25, 0.3) is 0 Å². The lowest BCUT2D eigenvalue weighted by atomic mass is 10.0. The molecule has 1 unspecified atom stereocenters. The third-order valence-corrected chi connectivity index (χ3v) is 4.03. The van der Waals surface area contributed by atoms with Gasteiger partial charge in [0.05, 0.1) is 4.47 Å². The van der Waals surface area contributed by atoms with Crippen LogP contribution >= 0.6 is 15.9 Å². The molecule has 1 heterocycles. The van der Waals surface area contributed by atoms with E-state index in [0.717, 1.165) is 28.3 Å². The normalized spacial score (nSPS) is 16.1. The van der Waals surface area contributed by atoms with Crippen molar-refractivity contribution in [2.24, 2.45) is 11.8 Å². The van der Waals surface area contributed by atoms with Crippen molar-refractivity contribution in [2.75, 3.05) is 10.6 Å². The van der Waals surface area contributed by atoms with E-state index >= 15 is 0 Å². The van der Waals surface area contributed by atoms with Crippen molar-refractivity contribution in [2.45, 2.75) is 46.1 Å². The molecular weight excluding hydrogens is 316 g/mol. The number of hydrogen-bond acceptors (Lipinski definition) is 4. The molecule has 0 bridgehead atoms. The third kappa shape index (κ3) is 4.47. The summed E-state index contributed by atoms with van der Waals surface area (Å²) in [6.07, 6.45) is 5.49. The van der Waals surface area contributed by atoms with Crippen LogP contribution in [0.15, 0.2) is 22.9 Å². The SMILES string of the molecule is C=C(CC(C)C1CC1)Nc1nc(NC(C)C)ncc1Br. The zero-order valence-electron chi connectivity index (χ0n) is 12.4. The van der Waals surface area contributed by atoms with E-state index in [1.54, 1.807) is 6.20 Å². The third-order valence-electron chi connectivity index (χ3n) is 3.45. The summed E-state index contributed by atoms with van der Waals surface area (Å²) < 4.78 is 0.854. The minimum absolute atomic E-state index is 0.308. The van der Waals surface area contributed by atoms with E-state index in [2.05, 4.69) is 63.9 Å². The zero-order chi connectivity index (χ0) is 14.7. The molecule has 1 saturated carbocycles. The van der Waals surface area contributed by atoms with E-state index in [-0.39, 0.29) is 0 Å². The van der Waals surface area contributed by atoms with Gasteiger partial charge in [0.2, 0.25) is 5.95 Å². The molecule has 0 spiro atoms. The highest BCUT2D eigenvalue weighted by Crippen LogP contribution is 2.39. The van der Waals surface area contributed by atoms with Crippen LogP contribution in [0.3, 0.4) is 0 Å². The van der Waals surface area contributed by atoms with Crippen LogP contribution in [-0.4, -0.2) is 16.0 Å². The van der Waals surface area contributed by atoms with Crippen molar-refractivity contribution < 1.29 is 0 Å². The Morgan fingerprint density at radius 2 is 2.15 bits per heavy atom. The summed E-state index contributed by atoms with van der Waals surface area (Å²) in [5, 5.41) is 6.51. The van der Waals surface area contributed by atoms with Crippen LogP contribution in [0, 0.1) is 11.8 Å². The van der Waals surface area contributed by atoms with Crippen LogP contribution in [0.1, 0.15) is 40.0 Å². The summed E-state index contributed by atoms with van der Waals surface area (Å²) in [7, 11) is 0. The molecule has 0 saturated heterocycles. The van der Waals surface area contributed by atoms with Gasteiger partial charge in [-0.3, -0.25) is 0 Å². The molecule has 5 heteroatoms. The van der Waals surface area contributed by atoms with Gasteiger partial charge in [0.1, 0.15) is 5.82 Å². The Labute approximate surface area is 129 Å². The molecule has 110 valence electrons. The first-order valence-corrected chi connectivity index (χ1v) is 7.99. The van der Waals surface area contributed by atoms with Crippen molar-refractivity contribution in [3.8, 4) is 0 Å². The van der Waals surface area contributed by atoms with Gasteiger partial charge in [0.15, 0.2) is 0 Å². The molecule has 1 aromatic rings. The van der Waals surface area contributed by atoms with Gasteiger partial charge < -0.3 is 10.6 Å². The van der Waals surface area contributed by atoms with Crippen molar-refractivity contribution >= 4 is 27.7 Å². The molecule has 20 heavy (non-hydrogen) atoms. The molecule has 1 aromatic heterocycles. The molecule has 4 nitrogen and oxygen atoms in total. The Morgan fingerprint density at radius 3 is 2.75 bits per heavy atom. The highest BCUT2D eigenvalue weighted by atomic mass is 79.9. The number of anilines is 2. The molecule has 1 aliphatic rings. The second kappa shape index (κ2) is 6.57. The Hall–Kier alpha value is -1.10. The number of aromatic nitrogens is 2. The maximum absolute atomic E-state index is 4.48. The van der Waals surface area contributed by atoms with Gasteiger partial charge in [-0.1, -0.05) is 13.5 Å². The van der Waals surface area contributed by atoms with Crippen LogP contribution in [-0.2, 0) is 0 Å². The zero-order valence-corrected chi connectivity index (χ0v) is 14.0. The maximum atomic E-state index is 4.48. The summed E-state index contributed by atoms with van der Waals surface area (Å²) in [4.78, 5) is 8.73. The molecule has 0 radical (unpaired) electrons. The quantitative estimate of drug-likeness (QED) is 0.772.